The molecule has 0 aliphatic rings. The number of rotatable bonds is 2. The van der Waals surface area contributed by atoms with Gasteiger partial charge in [0.2, 0.25) is 0 Å². The minimum atomic E-state index is -0.938. The van der Waals surface area contributed by atoms with Crippen LogP contribution in [0.4, 0.5) is 0 Å². The Kier molecular flexibility index (Phi) is 4.97. The van der Waals surface area contributed by atoms with Crippen LogP contribution in [0.3, 0.4) is 0 Å². The summed E-state index contributed by atoms with van der Waals surface area (Å²) in [6.07, 6.45) is -0.132. The number of para-hydroxylation sites is 1. The van der Waals surface area contributed by atoms with Crippen molar-refractivity contribution in [1.82, 2.24) is 0 Å². The third kappa shape index (κ3) is 3.26. The second-order valence-electron chi connectivity index (χ2n) is 2.20. The van der Waals surface area contributed by atoms with E-state index < -0.39 is 5.97 Å². The Morgan fingerprint density at radius 1 is 1.33 bits per heavy atom. The van der Waals surface area contributed by atoms with E-state index in [2.05, 4.69) is 0 Å². The van der Waals surface area contributed by atoms with Gasteiger partial charge in [-0.25, -0.2) is 0 Å². The third-order valence-electron chi connectivity index (χ3n) is 1.33. The second-order valence-corrected chi connectivity index (χ2v) is 2.20. The van der Waals surface area contributed by atoms with Gasteiger partial charge in [0.25, 0.3) is 0 Å². The van der Waals surface area contributed by atoms with Crippen LogP contribution >= 0.6 is 0 Å². The molecule has 1 aromatic rings. The molecule has 0 aliphatic heterocycles. The first-order chi connectivity index (χ1) is 5.20. The van der Waals surface area contributed by atoms with Crippen LogP contribution in [0.2, 0.25) is 0 Å². The fraction of sp³-hybridized carbons (Fsp3) is 0.125. The van der Waals surface area contributed by atoms with Crippen molar-refractivity contribution in [2.75, 3.05) is 0 Å². The molecule has 2 N–H and O–H groups in total. The topological polar surface area (TPSA) is 57.5 Å². The summed E-state index contributed by atoms with van der Waals surface area (Å²) in [5, 5.41) is 17.5. The van der Waals surface area contributed by atoms with Crippen LogP contribution in [0.25, 0.3) is 0 Å². The van der Waals surface area contributed by atoms with Crippen LogP contribution in [0.5, 0.6) is 5.75 Å². The summed E-state index contributed by atoms with van der Waals surface area (Å²) in [7, 11) is 0. The number of hydrogen-bond donors (Lipinski definition) is 2. The summed E-state index contributed by atoms with van der Waals surface area (Å²) in [4.78, 5) is 10.2. The van der Waals surface area contributed by atoms with Crippen LogP contribution in [0.15, 0.2) is 24.3 Å². The van der Waals surface area contributed by atoms with Crippen LogP contribution in [0, 0.1) is 0 Å². The fourth-order valence-electron chi connectivity index (χ4n) is 0.823. The van der Waals surface area contributed by atoms with Gasteiger partial charge in [-0.05, 0) is 6.07 Å². The molecule has 4 heteroatoms. The molecule has 0 bridgehead atoms. The van der Waals surface area contributed by atoms with Crippen LogP contribution in [-0.2, 0) is 11.2 Å². The summed E-state index contributed by atoms with van der Waals surface area (Å²) < 4.78 is 0. The SMILES string of the molecule is O=C(O)Cc1ccccc1O.[NaH]. The molecule has 0 aromatic heterocycles. The van der Waals surface area contributed by atoms with Crippen molar-refractivity contribution < 1.29 is 15.0 Å². The van der Waals surface area contributed by atoms with Crippen molar-refractivity contribution in [3.63, 3.8) is 0 Å². The molecule has 1 rings (SSSR count). The minimum absolute atomic E-state index is 0. The normalized spacial score (nSPS) is 8.67. The number of carboxylic acid groups (broad SMARTS) is 1. The molecular weight excluding hydrogens is 167 g/mol. The van der Waals surface area contributed by atoms with Gasteiger partial charge in [0.1, 0.15) is 5.75 Å². The summed E-state index contributed by atoms with van der Waals surface area (Å²) >= 11 is 0. The van der Waals surface area contributed by atoms with E-state index >= 15 is 0 Å². The number of phenols is 1. The number of carboxylic acids is 1. The van der Waals surface area contributed by atoms with Crippen molar-refractivity contribution in [3.8, 4) is 5.75 Å². The molecule has 0 heterocycles. The van der Waals surface area contributed by atoms with E-state index in [0.29, 0.717) is 5.56 Å². The molecule has 12 heavy (non-hydrogen) atoms. The Balaban J connectivity index is 0.00000121. The van der Waals surface area contributed by atoms with Gasteiger partial charge in [-0.2, -0.15) is 0 Å². The van der Waals surface area contributed by atoms with Crippen molar-refractivity contribution in [2.45, 2.75) is 6.42 Å². The maximum absolute atomic E-state index is 10.2. The van der Waals surface area contributed by atoms with Gasteiger partial charge in [-0.1, -0.05) is 18.2 Å². The van der Waals surface area contributed by atoms with Crippen molar-refractivity contribution in [2.24, 2.45) is 0 Å². The van der Waals surface area contributed by atoms with Gasteiger partial charge < -0.3 is 10.2 Å². The monoisotopic (exact) mass is 176 g/mol. The molecule has 3 nitrogen and oxygen atoms in total. The van der Waals surface area contributed by atoms with Gasteiger partial charge >= 0.3 is 35.5 Å². The van der Waals surface area contributed by atoms with Gasteiger partial charge in [-0.15, -0.1) is 0 Å². The predicted octanol–water partition coefficient (Wildman–Crippen LogP) is 0.371. The van der Waals surface area contributed by atoms with Crippen molar-refractivity contribution in [1.29, 1.82) is 0 Å². The number of aromatic hydroxyl groups is 1. The molecule has 60 valence electrons. The van der Waals surface area contributed by atoms with Crippen molar-refractivity contribution in [3.05, 3.63) is 29.8 Å². The average molecular weight is 176 g/mol. The summed E-state index contributed by atoms with van der Waals surface area (Å²) in [5.41, 5.74) is 0.444. The van der Waals surface area contributed by atoms with Crippen LogP contribution in [0.1, 0.15) is 5.56 Å². The Labute approximate surface area is 92.3 Å². The zero-order chi connectivity index (χ0) is 8.27. The number of benzene rings is 1. The summed E-state index contributed by atoms with van der Waals surface area (Å²) in [6, 6.07) is 6.40. The Morgan fingerprint density at radius 3 is 2.42 bits per heavy atom. The molecular formula is C8H9NaO3. The predicted molar refractivity (Wildman–Crippen MR) is 46.6 cm³/mol. The van der Waals surface area contributed by atoms with Gasteiger partial charge in [0.15, 0.2) is 0 Å². The van der Waals surface area contributed by atoms with Crippen LogP contribution in [-0.4, -0.2) is 45.7 Å². The maximum atomic E-state index is 10.2. The number of aliphatic carboxylic acids is 1. The van der Waals surface area contributed by atoms with E-state index in [1.54, 1.807) is 18.2 Å². The zero-order valence-electron chi connectivity index (χ0n) is 5.82. The Bertz CT molecular complexity index is 273. The number of carbonyl (C=O) groups is 1. The molecule has 0 spiro atoms. The first-order valence-electron chi connectivity index (χ1n) is 3.19. The van der Waals surface area contributed by atoms with Crippen LogP contribution < -0.4 is 0 Å². The molecule has 0 atom stereocenters. The van der Waals surface area contributed by atoms with E-state index in [4.69, 9.17) is 10.2 Å². The van der Waals surface area contributed by atoms with E-state index in [0.717, 1.165) is 0 Å². The standard InChI is InChI=1S/C8H8O3.Na.H/c9-7-4-2-1-3-6(7)5-8(10)11;;/h1-4,9H,5H2,(H,10,11);;. The van der Waals surface area contributed by atoms with Crippen molar-refractivity contribution >= 4 is 35.5 Å². The molecule has 0 amide bonds. The van der Waals surface area contributed by atoms with E-state index in [-0.39, 0.29) is 41.7 Å². The second kappa shape index (κ2) is 5.19. The van der Waals surface area contributed by atoms with Gasteiger partial charge in [-0.3, -0.25) is 4.79 Å². The molecule has 0 radical (unpaired) electrons. The molecule has 0 saturated heterocycles. The Hall–Kier alpha value is -0.510. The first-order valence-corrected chi connectivity index (χ1v) is 3.19. The number of phenolic OH excluding ortho intramolecular Hbond substituents is 1. The summed E-state index contributed by atoms with van der Waals surface area (Å²) in [5.74, 6) is -0.901. The molecule has 1 aromatic carbocycles. The Morgan fingerprint density at radius 2 is 1.92 bits per heavy atom. The average Bonchev–Trinajstić information content (AvgIpc) is 1.93. The quantitative estimate of drug-likeness (QED) is 0.640. The fourth-order valence-corrected chi connectivity index (χ4v) is 0.823. The third-order valence-corrected chi connectivity index (χ3v) is 1.33. The van der Waals surface area contributed by atoms with E-state index in [1.807, 2.05) is 0 Å². The molecule has 0 aliphatic carbocycles. The first kappa shape index (κ1) is 11.5. The van der Waals surface area contributed by atoms with E-state index in [1.165, 1.54) is 6.07 Å². The molecule has 0 unspecified atom stereocenters. The zero-order valence-corrected chi connectivity index (χ0v) is 5.82. The van der Waals surface area contributed by atoms with Gasteiger partial charge in [0, 0.05) is 5.56 Å². The molecule has 0 fully saturated rings. The van der Waals surface area contributed by atoms with E-state index in [9.17, 15) is 4.79 Å². The summed E-state index contributed by atoms with van der Waals surface area (Å²) in [6.45, 7) is 0. The van der Waals surface area contributed by atoms with Gasteiger partial charge in [0.05, 0.1) is 6.42 Å². The molecule has 0 saturated carbocycles. The number of hydrogen-bond acceptors (Lipinski definition) is 2.